The zero-order chi connectivity index (χ0) is 13.8. The molecule has 0 radical (unpaired) electrons. The smallest absolute Gasteiger partial charge is 0.221 e. The lowest BCUT2D eigenvalue weighted by molar-refractivity contribution is -0.114. The van der Waals surface area contributed by atoms with Gasteiger partial charge in [0.25, 0.3) is 0 Å². The second-order valence-electron chi connectivity index (χ2n) is 4.63. The molecule has 0 spiro atoms. The van der Waals surface area contributed by atoms with Crippen LogP contribution in [0.1, 0.15) is 18.1 Å². The first-order valence-electron chi connectivity index (χ1n) is 6.17. The van der Waals surface area contributed by atoms with Crippen LogP contribution in [0.5, 0.6) is 11.5 Å². The van der Waals surface area contributed by atoms with Crippen LogP contribution in [-0.4, -0.2) is 5.91 Å². The number of benzene rings is 2. The maximum atomic E-state index is 10.9. The topological polar surface area (TPSA) is 38.3 Å². The summed E-state index contributed by atoms with van der Waals surface area (Å²) in [6, 6.07) is 13.4. The molecule has 3 heteroatoms. The normalized spacial score (nSPS) is 10.1. The minimum atomic E-state index is -0.0806. The minimum absolute atomic E-state index is 0.0806. The number of ether oxygens (including phenoxy) is 1. The molecule has 0 unspecified atom stereocenters. The summed E-state index contributed by atoms with van der Waals surface area (Å²) in [5.41, 5.74) is 3.11. The number of carbonyl (C=O) groups is 1. The molecule has 0 fully saturated rings. The molecule has 0 atom stereocenters. The van der Waals surface area contributed by atoms with Crippen molar-refractivity contribution in [3.8, 4) is 11.5 Å². The molecule has 0 aliphatic rings. The second-order valence-corrected chi connectivity index (χ2v) is 4.63. The van der Waals surface area contributed by atoms with Gasteiger partial charge in [0.15, 0.2) is 0 Å². The van der Waals surface area contributed by atoms with Crippen molar-refractivity contribution in [2.75, 3.05) is 5.32 Å². The van der Waals surface area contributed by atoms with Crippen molar-refractivity contribution < 1.29 is 9.53 Å². The van der Waals surface area contributed by atoms with Gasteiger partial charge in [-0.15, -0.1) is 0 Å². The maximum absolute atomic E-state index is 10.9. The first kappa shape index (κ1) is 13.1. The number of nitrogens with one attached hydrogen (secondary N) is 1. The van der Waals surface area contributed by atoms with Gasteiger partial charge in [0.1, 0.15) is 11.5 Å². The molecule has 0 bridgehead atoms. The van der Waals surface area contributed by atoms with E-state index < -0.39 is 0 Å². The van der Waals surface area contributed by atoms with Gasteiger partial charge in [-0.2, -0.15) is 0 Å². The first-order chi connectivity index (χ1) is 9.02. The highest BCUT2D eigenvalue weighted by Crippen LogP contribution is 2.24. The zero-order valence-electron chi connectivity index (χ0n) is 11.4. The Kier molecular flexibility index (Phi) is 3.85. The van der Waals surface area contributed by atoms with Crippen LogP contribution < -0.4 is 10.1 Å². The van der Waals surface area contributed by atoms with Crippen molar-refractivity contribution in [3.05, 3.63) is 53.6 Å². The molecule has 0 saturated carbocycles. The van der Waals surface area contributed by atoms with Crippen molar-refractivity contribution in [1.29, 1.82) is 0 Å². The van der Waals surface area contributed by atoms with Gasteiger partial charge < -0.3 is 10.1 Å². The SMILES string of the molecule is CC(=O)Nc1ccc(Oc2cc(C)cc(C)c2)cc1. The van der Waals surface area contributed by atoms with Gasteiger partial charge in [-0.25, -0.2) is 0 Å². The molecule has 0 saturated heterocycles. The Labute approximate surface area is 113 Å². The van der Waals surface area contributed by atoms with Gasteiger partial charge in [-0.3, -0.25) is 4.79 Å². The van der Waals surface area contributed by atoms with Crippen LogP contribution in [0, 0.1) is 13.8 Å². The lowest BCUT2D eigenvalue weighted by Gasteiger charge is -2.09. The van der Waals surface area contributed by atoms with Gasteiger partial charge in [-0.05, 0) is 61.4 Å². The predicted octanol–water partition coefficient (Wildman–Crippen LogP) is 4.05. The van der Waals surface area contributed by atoms with Crippen LogP contribution >= 0.6 is 0 Å². The third kappa shape index (κ3) is 3.85. The summed E-state index contributed by atoms with van der Waals surface area (Å²) in [4.78, 5) is 10.9. The number of aryl methyl sites for hydroxylation is 2. The first-order valence-corrected chi connectivity index (χ1v) is 6.17. The minimum Gasteiger partial charge on any atom is -0.457 e. The van der Waals surface area contributed by atoms with Crippen molar-refractivity contribution in [2.24, 2.45) is 0 Å². The summed E-state index contributed by atoms with van der Waals surface area (Å²) in [7, 11) is 0. The van der Waals surface area contributed by atoms with E-state index in [1.54, 1.807) is 0 Å². The average Bonchev–Trinajstić information content (AvgIpc) is 2.29. The summed E-state index contributed by atoms with van der Waals surface area (Å²) in [6.07, 6.45) is 0. The standard InChI is InChI=1S/C16H17NO2/c1-11-8-12(2)10-16(9-11)19-15-6-4-14(5-7-15)17-13(3)18/h4-10H,1-3H3,(H,17,18). The molecule has 0 aromatic heterocycles. The molecule has 3 nitrogen and oxygen atoms in total. The van der Waals surface area contributed by atoms with Gasteiger partial charge in [0, 0.05) is 12.6 Å². The van der Waals surface area contributed by atoms with Gasteiger partial charge in [0.05, 0.1) is 0 Å². The van der Waals surface area contributed by atoms with Crippen molar-refractivity contribution in [3.63, 3.8) is 0 Å². The van der Waals surface area contributed by atoms with E-state index in [-0.39, 0.29) is 5.91 Å². The molecule has 1 N–H and O–H groups in total. The van der Waals surface area contributed by atoms with Crippen LogP contribution in [0.25, 0.3) is 0 Å². The fourth-order valence-electron chi connectivity index (χ4n) is 1.94. The van der Waals surface area contributed by atoms with Gasteiger partial charge in [0.2, 0.25) is 5.91 Å². The van der Waals surface area contributed by atoms with Crippen LogP contribution in [0.15, 0.2) is 42.5 Å². The fraction of sp³-hybridized carbons (Fsp3) is 0.188. The molecule has 0 aliphatic heterocycles. The lowest BCUT2D eigenvalue weighted by Crippen LogP contribution is -2.05. The molecular formula is C16H17NO2. The van der Waals surface area contributed by atoms with Crippen LogP contribution in [-0.2, 0) is 4.79 Å². The fourth-order valence-corrected chi connectivity index (χ4v) is 1.94. The number of carbonyl (C=O) groups excluding carboxylic acids is 1. The summed E-state index contributed by atoms with van der Waals surface area (Å²) < 4.78 is 5.79. The average molecular weight is 255 g/mol. The highest BCUT2D eigenvalue weighted by atomic mass is 16.5. The van der Waals surface area contributed by atoms with E-state index in [0.717, 1.165) is 17.2 Å². The molecule has 2 aromatic rings. The molecule has 19 heavy (non-hydrogen) atoms. The maximum Gasteiger partial charge on any atom is 0.221 e. The Morgan fingerprint density at radius 3 is 2.05 bits per heavy atom. The molecular weight excluding hydrogens is 238 g/mol. The van der Waals surface area contributed by atoms with Crippen molar-refractivity contribution in [2.45, 2.75) is 20.8 Å². The van der Waals surface area contributed by atoms with Crippen LogP contribution in [0.4, 0.5) is 5.69 Å². The number of anilines is 1. The van der Waals surface area contributed by atoms with E-state index >= 15 is 0 Å². The van der Waals surface area contributed by atoms with E-state index in [9.17, 15) is 4.79 Å². The Hall–Kier alpha value is -2.29. The largest absolute Gasteiger partial charge is 0.457 e. The lowest BCUT2D eigenvalue weighted by atomic mass is 10.1. The number of rotatable bonds is 3. The Bertz CT molecular complexity index is 568. The Balaban J connectivity index is 2.12. The van der Waals surface area contributed by atoms with E-state index in [2.05, 4.69) is 11.4 Å². The predicted molar refractivity (Wildman–Crippen MR) is 76.7 cm³/mol. The molecule has 2 rings (SSSR count). The van der Waals surface area contributed by atoms with E-state index in [0.29, 0.717) is 0 Å². The van der Waals surface area contributed by atoms with E-state index in [4.69, 9.17) is 4.74 Å². The van der Waals surface area contributed by atoms with Gasteiger partial charge >= 0.3 is 0 Å². The Morgan fingerprint density at radius 2 is 1.53 bits per heavy atom. The summed E-state index contributed by atoms with van der Waals surface area (Å²) in [6.45, 7) is 5.57. The summed E-state index contributed by atoms with van der Waals surface area (Å²) >= 11 is 0. The quantitative estimate of drug-likeness (QED) is 0.898. The molecule has 2 aromatic carbocycles. The summed E-state index contributed by atoms with van der Waals surface area (Å²) in [5, 5.41) is 2.72. The molecule has 1 amide bonds. The molecule has 98 valence electrons. The molecule has 0 heterocycles. The van der Waals surface area contributed by atoms with Crippen molar-refractivity contribution in [1.82, 2.24) is 0 Å². The highest BCUT2D eigenvalue weighted by Gasteiger charge is 2.00. The number of amides is 1. The van der Waals surface area contributed by atoms with Gasteiger partial charge in [-0.1, -0.05) is 6.07 Å². The number of hydrogen-bond donors (Lipinski definition) is 1. The van der Waals surface area contributed by atoms with E-state index in [1.807, 2.05) is 50.2 Å². The molecule has 0 aliphatic carbocycles. The van der Waals surface area contributed by atoms with E-state index in [1.165, 1.54) is 18.1 Å². The monoisotopic (exact) mass is 255 g/mol. The summed E-state index contributed by atoms with van der Waals surface area (Å²) in [5.74, 6) is 1.49. The zero-order valence-corrected chi connectivity index (χ0v) is 11.4. The third-order valence-corrected chi connectivity index (χ3v) is 2.61. The highest BCUT2D eigenvalue weighted by molar-refractivity contribution is 5.88. The third-order valence-electron chi connectivity index (χ3n) is 2.61. The Morgan fingerprint density at radius 1 is 0.947 bits per heavy atom. The van der Waals surface area contributed by atoms with Crippen LogP contribution in [0.2, 0.25) is 0 Å². The number of hydrogen-bond acceptors (Lipinski definition) is 2. The van der Waals surface area contributed by atoms with Crippen molar-refractivity contribution >= 4 is 11.6 Å². The van der Waals surface area contributed by atoms with Crippen LogP contribution in [0.3, 0.4) is 0 Å². The second kappa shape index (κ2) is 5.57.